The Morgan fingerprint density at radius 1 is 1.70 bits per heavy atom. The maximum atomic E-state index is 10.1. The van der Waals surface area contributed by atoms with Crippen molar-refractivity contribution in [3.8, 4) is 0 Å². The molecule has 0 unspecified atom stereocenters. The van der Waals surface area contributed by atoms with Crippen LogP contribution in [0.15, 0.2) is 22.7 Å². The first-order valence-electron chi connectivity index (χ1n) is 2.52. The van der Waals surface area contributed by atoms with Crippen molar-refractivity contribution >= 4 is 21.6 Å². The van der Waals surface area contributed by atoms with E-state index in [0.29, 0.717) is 4.47 Å². The highest BCUT2D eigenvalue weighted by molar-refractivity contribution is 9.10. The molecule has 0 N–H and O–H groups in total. The predicted octanol–water partition coefficient (Wildman–Crippen LogP) is 2.16. The highest BCUT2D eigenvalue weighted by Crippen LogP contribution is 2.16. The third-order valence-corrected chi connectivity index (χ3v) is 1.44. The molecule has 0 heterocycles. The first-order valence-corrected chi connectivity index (χ1v) is 3.31. The number of rotatable bonds is 1. The molecule has 0 saturated carbocycles. The van der Waals surface area contributed by atoms with Crippen LogP contribution in [0.5, 0.6) is 0 Å². The quantitative estimate of drug-likeness (QED) is 0.516. The maximum absolute atomic E-state index is 10.1. The summed E-state index contributed by atoms with van der Waals surface area (Å²) in [6.07, 6.45) is 0. The lowest BCUT2D eigenvalue weighted by molar-refractivity contribution is -0.385. The Hall–Kier alpha value is -0.900. The molecular weight excluding hydrogens is 198 g/mol. The van der Waals surface area contributed by atoms with Crippen molar-refractivity contribution in [2.75, 3.05) is 0 Å². The minimum absolute atomic E-state index is 0.0191. The molecule has 0 aromatic heterocycles. The van der Waals surface area contributed by atoms with Gasteiger partial charge in [0, 0.05) is 10.5 Å². The summed E-state index contributed by atoms with van der Waals surface area (Å²) in [5.74, 6) is 0. The fourth-order valence-corrected chi connectivity index (χ4v) is 0.881. The van der Waals surface area contributed by atoms with Crippen LogP contribution < -0.4 is 0 Å². The van der Waals surface area contributed by atoms with Gasteiger partial charge in [-0.2, -0.15) is 0 Å². The molecule has 0 fully saturated rings. The van der Waals surface area contributed by atoms with Crippen molar-refractivity contribution in [1.29, 1.82) is 0 Å². The molecule has 0 aliphatic rings. The second kappa shape index (κ2) is 2.79. The first-order chi connectivity index (χ1) is 4.70. The van der Waals surface area contributed by atoms with Crippen LogP contribution in [0.4, 0.5) is 5.69 Å². The molecule has 10 heavy (non-hydrogen) atoms. The molecule has 0 aliphatic carbocycles. The normalized spacial score (nSPS) is 9.30. The molecule has 3 nitrogen and oxygen atoms in total. The van der Waals surface area contributed by atoms with Gasteiger partial charge in [0.1, 0.15) is 0 Å². The van der Waals surface area contributed by atoms with E-state index in [9.17, 15) is 10.1 Å². The van der Waals surface area contributed by atoms with Crippen LogP contribution in [-0.2, 0) is 0 Å². The van der Waals surface area contributed by atoms with E-state index >= 15 is 0 Å². The van der Waals surface area contributed by atoms with E-state index in [2.05, 4.69) is 22.0 Å². The molecule has 0 bridgehead atoms. The Kier molecular flexibility index (Phi) is 2.01. The van der Waals surface area contributed by atoms with Crippen molar-refractivity contribution in [1.82, 2.24) is 0 Å². The second-order valence-electron chi connectivity index (χ2n) is 1.65. The molecule has 4 heteroatoms. The lowest BCUT2D eigenvalue weighted by Gasteiger charge is -1.88. The third-order valence-electron chi connectivity index (χ3n) is 0.945. The summed E-state index contributed by atoms with van der Waals surface area (Å²) in [6.45, 7) is 0. The largest absolute Gasteiger partial charge is 0.278 e. The molecule has 1 radical (unpaired) electrons. The van der Waals surface area contributed by atoms with Crippen molar-refractivity contribution in [3.63, 3.8) is 0 Å². The standard InChI is InChI=1S/C6H3BrNO2/c7-5-2-1-3-6(4-5)8(9)10/h1-2,4H. The molecule has 1 aromatic carbocycles. The molecule has 0 aliphatic heterocycles. The first kappa shape index (κ1) is 7.21. The molecule has 1 rings (SSSR count). The van der Waals surface area contributed by atoms with E-state index in [1.54, 1.807) is 6.07 Å². The smallest absolute Gasteiger partial charge is 0.258 e. The Labute approximate surface area is 66.0 Å². The van der Waals surface area contributed by atoms with Gasteiger partial charge in [0.25, 0.3) is 5.69 Å². The number of hydrogen-bond acceptors (Lipinski definition) is 2. The number of nitro benzene ring substituents is 1. The minimum atomic E-state index is -0.481. The summed E-state index contributed by atoms with van der Waals surface area (Å²) in [5, 5.41) is 10.1. The SMILES string of the molecule is O=[N+]([O-])c1[c]ccc(Br)c1. The van der Waals surface area contributed by atoms with Crippen LogP contribution in [0.2, 0.25) is 0 Å². The van der Waals surface area contributed by atoms with Crippen LogP contribution >= 0.6 is 15.9 Å². The Morgan fingerprint density at radius 3 is 2.80 bits per heavy atom. The van der Waals surface area contributed by atoms with E-state index < -0.39 is 4.92 Å². The topological polar surface area (TPSA) is 43.1 Å². The fraction of sp³-hybridized carbons (Fsp3) is 0. The number of nitro groups is 1. The second-order valence-corrected chi connectivity index (χ2v) is 2.56. The average molecular weight is 201 g/mol. The van der Waals surface area contributed by atoms with Crippen LogP contribution in [0.3, 0.4) is 0 Å². The zero-order valence-electron chi connectivity index (χ0n) is 4.87. The van der Waals surface area contributed by atoms with E-state index in [4.69, 9.17) is 0 Å². The number of hydrogen-bond donors (Lipinski definition) is 0. The van der Waals surface area contributed by atoms with E-state index in [1.165, 1.54) is 12.1 Å². The maximum Gasteiger partial charge on any atom is 0.278 e. The zero-order chi connectivity index (χ0) is 7.56. The Morgan fingerprint density at radius 2 is 2.40 bits per heavy atom. The van der Waals surface area contributed by atoms with E-state index in [0.717, 1.165) is 0 Å². The fourth-order valence-electron chi connectivity index (χ4n) is 0.532. The van der Waals surface area contributed by atoms with Crippen molar-refractivity contribution in [3.05, 3.63) is 38.9 Å². The van der Waals surface area contributed by atoms with Gasteiger partial charge in [0.2, 0.25) is 0 Å². The molecular formula is C6H3BrNO2. The van der Waals surface area contributed by atoms with Crippen LogP contribution in [0.1, 0.15) is 0 Å². The summed E-state index contributed by atoms with van der Waals surface area (Å²) < 4.78 is 0.693. The zero-order valence-corrected chi connectivity index (χ0v) is 6.46. The molecule has 1 aromatic rings. The van der Waals surface area contributed by atoms with Crippen molar-refractivity contribution in [2.45, 2.75) is 0 Å². The molecule has 51 valence electrons. The molecule has 0 saturated heterocycles. The minimum Gasteiger partial charge on any atom is -0.258 e. The lowest BCUT2D eigenvalue weighted by atomic mass is 10.3. The van der Waals surface area contributed by atoms with Gasteiger partial charge in [-0.25, -0.2) is 0 Å². The Bertz CT molecular complexity index is 262. The van der Waals surface area contributed by atoms with E-state index in [-0.39, 0.29) is 5.69 Å². The summed E-state index contributed by atoms with van der Waals surface area (Å²) in [5.41, 5.74) is -0.0191. The molecule has 0 amide bonds. The highest BCUT2D eigenvalue weighted by atomic mass is 79.9. The monoisotopic (exact) mass is 200 g/mol. The van der Waals surface area contributed by atoms with Crippen molar-refractivity contribution < 1.29 is 4.92 Å². The molecule has 0 spiro atoms. The number of benzene rings is 1. The number of halogens is 1. The average Bonchev–Trinajstić information content (AvgIpc) is 1.88. The lowest BCUT2D eigenvalue weighted by Crippen LogP contribution is -1.86. The summed E-state index contributed by atoms with van der Waals surface area (Å²) in [6, 6.07) is 7.07. The van der Waals surface area contributed by atoms with Crippen LogP contribution in [0, 0.1) is 16.2 Å². The number of non-ortho nitro benzene ring substituents is 1. The third kappa shape index (κ3) is 1.54. The predicted molar refractivity (Wildman–Crippen MR) is 39.6 cm³/mol. The highest BCUT2D eigenvalue weighted by Gasteiger charge is 2.03. The Balaban J connectivity index is 3.07. The van der Waals surface area contributed by atoms with Gasteiger partial charge < -0.3 is 0 Å². The van der Waals surface area contributed by atoms with Crippen LogP contribution in [0.25, 0.3) is 0 Å². The van der Waals surface area contributed by atoms with Crippen LogP contribution in [-0.4, -0.2) is 4.92 Å². The summed E-state index contributed by atoms with van der Waals surface area (Å²) in [7, 11) is 0. The van der Waals surface area contributed by atoms with Gasteiger partial charge in [0.15, 0.2) is 0 Å². The van der Waals surface area contributed by atoms with Gasteiger partial charge in [-0.15, -0.1) is 0 Å². The van der Waals surface area contributed by atoms with E-state index in [1.807, 2.05) is 0 Å². The van der Waals surface area contributed by atoms with Crippen molar-refractivity contribution in [2.24, 2.45) is 0 Å². The van der Waals surface area contributed by atoms with Gasteiger partial charge in [-0.3, -0.25) is 10.1 Å². The molecule has 0 atom stereocenters. The van der Waals surface area contributed by atoms with Gasteiger partial charge in [0.05, 0.1) is 11.0 Å². The number of nitrogens with zero attached hydrogens (tertiary/aromatic N) is 1. The summed E-state index contributed by atoms with van der Waals surface area (Å²) >= 11 is 3.11. The van der Waals surface area contributed by atoms with Gasteiger partial charge in [-0.05, 0) is 12.1 Å². The van der Waals surface area contributed by atoms with Gasteiger partial charge in [-0.1, -0.05) is 15.9 Å². The van der Waals surface area contributed by atoms with Gasteiger partial charge >= 0.3 is 0 Å². The summed E-state index contributed by atoms with van der Waals surface area (Å²) in [4.78, 5) is 9.63.